The molecule has 9 heteroatoms. The Labute approximate surface area is 209 Å². The molecule has 0 atom stereocenters. The van der Waals surface area contributed by atoms with Gasteiger partial charge in [0.1, 0.15) is 10.4 Å². The van der Waals surface area contributed by atoms with Crippen molar-refractivity contribution >= 4 is 33.4 Å². The van der Waals surface area contributed by atoms with Crippen LogP contribution in [0.3, 0.4) is 0 Å². The maximum absolute atomic E-state index is 13.5. The average Bonchev–Trinajstić information content (AvgIpc) is 3.38. The zero-order chi connectivity index (χ0) is 24.2. The molecule has 1 amide bonds. The summed E-state index contributed by atoms with van der Waals surface area (Å²) in [4.78, 5) is 35.7. The molecule has 2 saturated heterocycles. The van der Waals surface area contributed by atoms with E-state index in [9.17, 15) is 9.59 Å². The van der Waals surface area contributed by atoms with E-state index in [1.54, 1.807) is 11.7 Å². The number of benzene rings is 1. The lowest BCUT2D eigenvalue weighted by Gasteiger charge is -2.33. The van der Waals surface area contributed by atoms with Crippen molar-refractivity contribution in [1.82, 2.24) is 19.8 Å². The molecule has 0 radical (unpaired) electrons. The maximum Gasteiger partial charge on any atom is 0.277 e. The number of hydrogen-bond donors (Lipinski definition) is 1. The number of carbonyl (C=O) groups excluding carboxylic acids is 1. The molecule has 3 aromatic rings. The van der Waals surface area contributed by atoms with Crippen molar-refractivity contribution in [2.24, 2.45) is 5.92 Å². The van der Waals surface area contributed by atoms with Crippen LogP contribution in [0.1, 0.15) is 32.1 Å². The van der Waals surface area contributed by atoms with Gasteiger partial charge in [-0.1, -0.05) is 12.5 Å². The van der Waals surface area contributed by atoms with Gasteiger partial charge in [-0.25, -0.2) is 9.55 Å². The number of amides is 1. The van der Waals surface area contributed by atoms with Crippen LogP contribution in [0.5, 0.6) is 5.75 Å². The predicted octanol–water partition coefficient (Wildman–Crippen LogP) is 3.27. The van der Waals surface area contributed by atoms with E-state index in [4.69, 9.17) is 9.72 Å². The standard InChI is InChI=1S/C26H33N5O3S/c1-34-21-7-5-6-20(18-21)31-25(33)23-22(10-17-35-23)28-26(31)30-14-8-19(9-15-30)24(32)27-11-16-29-12-3-2-4-13-29/h5-7,10,17-19H,2-4,8-9,11-16H2,1H3,(H,27,32). The van der Waals surface area contributed by atoms with Crippen LogP contribution in [0.4, 0.5) is 5.95 Å². The summed E-state index contributed by atoms with van der Waals surface area (Å²) in [6, 6.07) is 9.39. The lowest BCUT2D eigenvalue weighted by Crippen LogP contribution is -2.44. The van der Waals surface area contributed by atoms with Gasteiger partial charge >= 0.3 is 0 Å². The number of ether oxygens (including phenoxy) is 1. The molecule has 1 N–H and O–H groups in total. The molecule has 2 aliphatic heterocycles. The molecule has 0 spiro atoms. The summed E-state index contributed by atoms with van der Waals surface area (Å²) in [5.74, 6) is 1.45. The second-order valence-electron chi connectivity index (χ2n) is 9.34. The molecule has 5 rings (SSSR count). The first-order chi connectivity index (χ1) is 17.1. The van der Waals surface area contributed by atoms with Crippen LogP contribution in [0.2, 0.25) is 0 Å². The number of aromatic nitrogens is 2. The van der Waals surface area contributed by atoms with Gasteiger partial charge in [0.05, 0.1) is 18.3 Å². The maximum atomic E-state index is 13.5. The van der Waals surface area contributed by atoms with Crippen molar-refractivity contribution < 1.29 is 9.53 Å². The van der Waals surface area contributed by atoms with Gasteiger partial charge in [0, 0.05) is 38.2 Å². The van der Waals surface area contributed by atoms with Crippen molar-refractivity contribution in [3.05, 3.63) is 46.1 Å². The smallest absolute Gasteiger partial charge is 0.277 e. The summed E-state index contributed by atoms with van der Waals surface area (Å²) in [6.07, 6.45) is 5.33. The van der Waals surface area contributed by atoms with Crippen LogP contribution in [-0.2, 0) is 4.79 Å². The summed E-state index contributed by atoms with van der Waals surface area (Å²) >= 11 is 1.41. The van der Waals surface area contributed by atoms with Crippen molar-refractivity contribution in [3.8, 4) is 11.4 Å². The Kier molecular flexibility index (Phi) is 7.34. The fourth-order valence-corrected chi connectivity index (χ4v) is 5.86. The Bertz CT molecular complexity index is 1230. The Hall–Kier alpha value is -2.91. The number of anilines is 1. The monoisotopic (exact) mass is 495 g/mol. The highest BCUT2D eigenvalue weighted by atomic mass is 32.1. The first-order valence-electron chi connectivity index (χ1n) is 12.5. The number of likely N-dealkylation sites (tertiary alicyclic amines) is 1. The number of thiophene rings is 1. The molecular weight excluding hydrogens is 462 g/mol. The SMILES string of the molecule is COc1cccc(-n2c(N3CCC(C(=O)NCCN4CCCCC4)CC3)nc3ccsc3c2=O)c1. The van der Waals surface area contributed by atoms with Gasteiger partial charge in [-0.3, -0.25) is 9.59 Å². The van der Waals surface area contributed by atoms with Crippen LogP contribution >= 0.6 is 11.3 Å². The molecule has 2 aromatic heterocycles. The normalized spacial score (nSPS) is 17.6. The third-order valence-electron chi connectivity index (χ3n) is 7.10. The van der Waals surface area contributed by atoms with E-state index in [0.29, 0.717) is 41.5 Å². The number of hydrogen-bond acceptors (Lipinski definition) is 7. The third kappa shape index (κ3) is 5.21. The topological polar surface area (TPSA) is 79.7 Å². The molecule has 186 valence electrons. The highest BCUT2D eigenvalue weighted by molar-refractivity contribution is 7.17. The largest absolute Gasteiger partial charge is 0.497 e. The van der Waals surface area contributed by atoms with Crippen molar-refractivity contribution in [2.45, 2.75) is 32.1 Å². The summed E-state index contributed by atoms with van der Waals surface area (Å²) in [7, 11) is 1.62. The zero-order valence-corrected chi connectivity index (χ0v) is 21.1. The molecule has 2 fully saturated rings. The molecule has 0 saturated carbocycles. The molecule has 8 nitrogen and oxygen atoms in total. The Morgan fingerprint density at radius 3 is 2.71 bits per heavy atom. The van der Waals surface area contributed by atoms with E-state index in [1.165, 1.54) is 30.6 Å². The minimum absolute atomic E-state index is 0.00512. The first kappa shape index (κ1) is 23.8. The Balaban J connectivity index is 1.29. The lowest BCUT2D eigenvalue weighted by atomic mass is 9.96. The fourth-order valence-electron chi connectivity index (χ4n) is 5.10. The number of rotatable bonds is 7. The molecule has 0 unspecified atom stereocenters. The summed E-state index contributed by atoms with van der Waals surface area (Å²) in [5, 5.41) is 5.05. The first-order valence-corrected chi connectivity index (χ1v) is 13.4. The zero-order valence-electron chi connectivity index (χ0n) is 20.2. The van der Waals surface area contributed by atoms with Gasteiger partial charge in [0.25, 0.3) is 5.56 Å². The van der Waals surface area contributed by atoms with Crippen LogP contribution in [-0.4, -0.2) is 66.7 Å². The molecule has 1 aromatic carbocycles. The van der Waals surface area contributed by atoms with Gasteiger partial charge in [-0.05, 0) is 62.4 Å². The minimum Gasteiger partial charge on any atom is -0.497 e. The van der Waals surface area contributed by atoms with Gasteiger partial charge in [-0.2, -0.15) is 0 Å². The molecule has 35 heavy (non-hydrogen) atoms. The van der Waals surface area contributed by atoms with Crippen molar-refractivity contribution in [3.63, 3.8) is 0 Å². The van der Waals surface area contributed by atoms with Crippen LogP contribution in [0.15, 0.2) is 40.5 Å². The van der Waals surface area contributed by atoms with E-state index in [1.807, 2.05) is 35.7 Å². The summed E-state index contributed by atoms with van der Waals surface area (Å²) in [5.41, 5.74) is 1.36. The van der Waals surface area contributed by atoms with E-state index in [-0.39, 0.29) is 17.4 Å². The third-order valence-corrected chi connectivity index (χ3v) is 7.99. The Morgan fingerprint density at radius 1 is 1.14 bits per heavy atom. The average molecular weight is 496 g/mol. The second-order valence-corrected chi connectivity index (χ2v) is 10.3. The molecular formula is C26H33N5O3S. The number of fused-ring (bicyclic) bond motifs is 1. The van der Waals surface area contributed by atoms with Crippen LogP contribution < -0.4 is 20.5 Å². The number of piperidine rings is 2. The van der Waals surface area contributed by atoms with Crippen molar-refractivity contribution in [2.75, 3.05) is 51.3 Å². The molecule has 4 heterocycles. The number of methoxy groups -OCH3 is 1. The van der Waals surface area contributed by atoms with Crippen LogP contribution in [0, 0.1) is 5.92 Å². The van der Waals surface area contributed by atoms with E-state index < -0.39 is 0 Å². The van der Waals surface area contributed by atoms with E-state index in [0.717, 1.165) is 38.2 Å². The molecule has 2 aliphatic rings. The van der Waals surface area contributed by atoms with Gasteiger partial charge in [0.2, 0.25) is 11.9 Å². The van der Waals surface area contributed by atoms with Gasteiger partial charge in [0.15, 0.2) is 0 Å². The second kappa shape index (κ2) is 10.8. The van der Waals surface area contributed by atoms with E-state index >= 15 is 0 Å². The summed E-state index contributed by atoms with van der Waals surface area (Å²) in [6.45, 7) is 5.29. The quantitative estimate of drug-likeness (QED) is 0.542. The predicted molar refractivity (Wildman–Crippen MR) is 140 cm³/mol. The van der Waals surface area contributed by atoms with Crippen molar-refractivity contribution in [1.29, 1.82) is 0 Å². The lowest BCUT2D eigenvalue weighted by molar-refractivity contribution is -0.125. The number of nitrogens with one attached hydrogen (secondary N) is 1. The van der Waals surface area contributed by atoms with E-state index in [2.05, 4.69) is 15.1 Å². The Morgan fingerprint density at radius 2 is 1.94 bits per heavy atom. The van der Waals surface area contributed by atoms with Crippen LogP contribution in [0.25, 0.3) is 15.9 Å². The van der Waals surface area contributed by atoms with Gasteiger partial charge in [-0.15, -0.1) is 11.3 Å². The molecule has 0 bridgehead atoms. The molecule has 0 aliphatic carbocycles. The number of carbonyl (C=O) groups is 1. The highest BCUT2D eigenvalue weighted by Crippen LogP contribution is 2.27. The summed E-state index contributed by atoms with van der Waals surface area (Å²) < 4.78 is 7.71. The van der Waals surface area contributed by atoms with Gasteiger partial charge < -0.3 is 19.9 Å². The number of nitrogens with zero attached hydrogens (tertiary/aromatic N) is 4. The highest BCUT2D eigenvalue weighted by Gasteiger charge is 2.28. The minimum atomic E-state index is -0.0779. The fraction of sp³-hybridized carbons (Fsp3) is 0.500.